The van der Waals surface area contributed by atoms with Gasteiger partial charge in [-0.1, -0.05) is 179 Å². The second-order valence-electron chi connectivity index (χ2n) is 22.3. The van der Waals surface area contributed by atoms with Crippen molar-refractivity contribution in [3.63, 3.8) is 0 Å². The van der Waals surface area contributed by atoms with Crippen LogP contribution in [-0.2, 0) is 21.7 Å². The van der Waals surface area contributed by atoms with Gasteiger partial charge in [0, 0.05) is 50.5 Å². The molecule has 0 radical (unpaired) electrons. The summed E-state index contributed by atoms with van der Waals surface area (Å²) in [5, 5.41) is 2.53. The van der Waals surface area contributed by atoms with Gasteiger partial charge in [-0.25, -0.2) is 0 Å². The first kappa shape index (κ1) is 41.2. The van der Waals surface area contributed by atoms with Gasteiger partial charge >= 0.3 is 6.85 Å². The number of benzene rings is 8. The highest BCUT2D eigenvalue weighted by Crippen LogP contribution is 2.56. The third kappa shape index (κ3) is 6.38. The maximum Gasteiger partial charge on any atom is 0.333 e. The molecule has 3 heterocycles. The minimum Gasteiger partial charge on any atom is -0.376 e. The smallest absolute Gasteiger partial charge is 0.333 e. The van der Waals surface area contributed by atoms with Gasteiger partial charge in [-0.05, 0) is 127 Å². The summed E-state index contributed by atoms with van der Waals surface area (Å²) in [6.45, 7) is 25.4. The van der Waals surface area contributed by atoms with E-state index in [1.165, 1.54) is 89.1 Å². The molecule has 0 bridgehead atoms. The van der Waals surface area contributed by atoms with E-state index < -0.39 is 0 Å². The molecule has 3 aliphatic heterocycles. The molecule has 8 aromatic carbocycles. The van der Waals surface area contributed by atoms with Crippen molar-refractivity contribution in [1.29, 1.82) is 0 Å². The van der Waals surface area contributed by atoms with Crippen LogP contribution in [0, 0.1) is 0 Å². The van der Waals surface area contributed by atoms with Gasteiger partial charge in [0.15, 0.2) is 0 Å². The molecule has 0 saturated carbocycles. The van der Waals surface area contributed by atoms with Gasteiger partial charge in [-0.2, -0.15) is 0 Å². The molecule has 4 heteroatoms. The number of nitrogens with zero attached hydrogens (tertiary/aromatic N) is 3. The standard InChI is InChI=1S/C61H60BN3/c1-58(2,3)40-23-29-43(30-24-40)63(44-31-25-41(26-32-44)59(4,5)6)46-35-36-48-49-37-39-17-12-13-18-47(39)56-55(49)62(65(54(48)38-46)45-33-27-42(28-34-45)60(7,8)9)52-21-16-20-51-57(52)64(56)53-22-15-14-19-50(53)61(51,10)11/h12-38H,1-11H3. The van der Waals surface area contributed by atoms with Gasteiger partial charge in [0.1, 0.15) is 0 Å². The number of hydrogen-bond acceptors (Lipinski definition) is 3. The lowest BCUT2D eigenvalue weighted by Gasteiger charge is -2.51. The van der Waals surface area contributed by atoms with E-state index in [4.69, 9.17) is 0 Å². The highest BCUT2D eigenvalue weighted by molar-refractivity contribution is 6.94. The van der Waals surface area contributed by atoms with Gasteiger partial charge in [0.2, 0.25) is 0 Å². The number of hydrogen-bond donors (Lipinski definition) is 0. The molecule has 8 aromatic rings. The Kier molecular flexibility index (Phi) is 9.03. The fourth-order valence-corrected chi connectivity index (χ4v) is 11.0. The highest BCUT2D eigenvalue weighted by Gasteiger charge is 2.50. The zero-order chi connectivity index (χ0) is 45.4. The average Bonchev–Trinajstić information content (AvgIpc) is 3.28. The number of para-hydroxylation sites is 2. The second kappa shape index (κ2) is 14.2. The predicted molar refractivity (Wildman–Crippen MR) is 281 cm³/mol. The van der Waals surface area contributed by atoms with Crippen LogP contribution < -0.4 is 25.5 Å². The first-order chi connectivity index (χ1) is 30.9. The lowest BCUT2D eigenvalue weighted by atomic mass is 9.42. The topological polar surface area (TPSA) is 9.72 Å². The van der Waals surface area contributed by atoms with Gasteiger partial charge < -0.3 is 14.6 Å². The summed E-state index contributed by atoms with van der Waals surface area (Å²) in [5.74, 6) is 0. The maximum atomic E-state index is 2.68. The van der Waals surface area contributed by atoms with Crippen LogP contribution in [0.4, 0.5) is 45.5 Å². The highest BCUT2D eigenvalue weighted by atomic mass is 15.2. The molecule has 3 nitrogen and oxygen atoms in total. The van der Waals surface area contributed by atoms with Crippen LogP contribution in [0.15, 0.2) is 164 Å². The molecule has 11 rings (SSSR count). The summed E-state index contributed by atoms with van der Waals surface area (Å²) in [4.78, 5) is 7.76. The van der Waals surface area contributed by atoms with Gasteiger partial charge in [0.05, 0.1) is 11.4 Å². The predicted octanol–water partition coefficient (Wildman–Crippen LogP) is 15.5. The van der Waals surface area contributed by atoms with Crippen LogP contribution in [-0.4, -0.2) is 6.85 Å². The Morgan fingerprint density at radius 3 is 1.62 bits per heavy atom. The Bertz CT molecular complexity index is 3120. The largest absolute Gasteiger partial charge is 0.376 e. The fourth-order valence-electron chi connectivity index (χ4n) is 11.0. The maximum absolute atomic E-state index is 2.68. The van der Waals surface area contributed by atoms with E-state index >= 15 is 0 Å². The lowest BCUT2D eigenvalue weighted by molar-refractivity contribution is 0.590. The third-order valence-corrected chi connectivity index (χ3v) is 14.7. The zero-order valence-electron chi connectivity index (χ0n) is 40.0. The Morgan fingerprint density at radius 1 is 0.462 bits per heavy atom. The molecule has 0 spiro atoms. The lowest BCUT2D eigenvalue weighted by Crippen LogP contribution is -2.62. The van der Waals surface area contributed by atoms with Crippen molar-refractivity contribution in [2.24, 2.45) is 0 Å². The van der Waals surface area contributed by atoms with Crippen molar-refractivity contribution in [2.75, 3.05) is 14.6 Å². The number of rotatable bonds is 4. The van der Waals surface area contributed by atoms with E-state index in [2.05, 4.69) is 255 Å². The van der Waals surface area contributed by atoms with E-state index in [-0.39, 0.29) is 28.5 Å². The van der Waals surface area contributed by atoms with Gasteiger partial charge in [0.25, 0.3) is 0 Å². The van der Waals surface area contributed by atoms with E-state index in [0.717, 1.165) is 17.1 Å². The van der Waals surface area contributed by atoms with Crippen molar-refractivity contribution in [1.82, 2.24) is 0 Å². The zero-order valence-corrected chi connectivity index (χ0v) is 40.0. The minimum absolute atomic E-state index is 0.0264. The third-order valence-electron chi connectivity index (χ3n) is 14.7. The average molecular weight is 846 g/mol. The summed E-state index contributed by atoms with van der Waals surface area (Å²) < 4.78 is 0. The van der Waals surface area contributed by atoms with E-state index in [9.17, 15) is 0 Å². The molecule has 0 N–H and O–H groups in total. The Balaban J connectivity index is 1.22. The fraction of sp³-hybridized carbons (Fsp3) is 0.246. The van der Waals surface area contributed by atoms with E-state index in [1.54, 1.807) is 0 Å². The van der Waals surface area contributed by atoms with Crippen LogP contribution >= 0.6 is 0 Å². The molecule has 0 saturated heterocycles. The summed E-state index contributed by atoms with van der Waals surface area (Å²) in [7, 11) is 0. The molecular formula is C61H60BN3. The molecule has 3 aliphatic rings. The van der Waals surface area contributed by atoms with Crippen molar-refractivity contribution in [2.45, 2.75) is 97.8 Å². The van der Waals surface area contributed by atoms with Crippen LogP contribution in [0.1, 0.15) is 104 Å². The summed E-state index contributed by atoms with van der Waals surface area (Å²) in [5.41, 5.74) is 21.5. The van der Waals surface area contributed by atoms with Crippen molar-refractivity contribution in [3.05, 3.63) is 192 Å². The van der Waals surface area contributed by atoms with Crippen LogP contribution in [0.5, 0.6) is 0 Å². The van der Waals surface area contributed by atoms with E-state index in [1.807, 2.05) is 0 Å². The Hall–Kier alpha value is -6.52. The molecule has 0 aromatic heterocycles. The van der Waals surface area contributed by atoms with Crippen LogP contribution in [0.2, 0.25) is 0 Å². The van der Waals surface area contributed by atoms with Crippen LogP contribution in [0.3, 0.4) is 0 Å². The molecule has 65 heavy (non-hydrogen) atoms. The minimum atomic E-state index is -0.201. The first-order valence-corrected chi connectivity index (χ1v) is 23.6. The van der Waals surface area contributed by atoms with Crippen LogP contribution in [0.25, 0.3) is 21.9 Å². The Morgan fingerprint density at radius 2 is 1.00 bits per heavy atom. The Labute approximate surface area is 387 Å². The number of anilines is 8. The van der Waals surface area contributed by atoms with Crippen molar-refractivity contribution < 1.29 is 0 Å². The number of fused-ring (bicyclic) bond motifs is 8. The summed E-state index contributed by atoms with van der Waals surface area (Å²) in [6, 6.07) is 62.9. The molecule has 0 amide bonds. The summed E-state index contributed by atoms with van der Waals surface area (Å²) >= 11 is 0. The SMILES string of the molecule is CC(C)(C)c1ccc(N2B3c4cccc5c4N(c4ccccc4C5(C)C)c4c3c(cc3ccccc43)-c3ccc(N(c4ccc(C(C)(C)C)cc4)c4ccc(C(C)(C)C)cc4)cc32)cc1. The normalized spacial score (nSPS) is 14.7. The first-order valence-electron chi connectivity index (χ1n) is 23.6. The molecule has 0 atom stereocenters. The van der Waals surface area contributed by atoms with E-state index in [0.29, 0.717) is 0 Å². The van der Waals surface area contributed by atoms with Gasteiger partial charge in [-0.15, -0.1) is 0 Å². The molecule has 0 aliphatic carbocycles. The second-order valence-corrected chi connectivity index (χ2v) is 22.3. The quantitative estimate of drug-likeness (QED) is 0.163. The van der Waals surface area contributed by atoms with Crippen molar-refractivity contribution in [3.8, 4) is 11.1 Å². The monoisotopic (exact) mass is 845 g/mol. The van der Waals surface area contributed by atoms with Crippen molar-refractivity contribution >= 4 is 74.0 Å². The molecule has 322 valence electrons. The molecule has 0 fully saturated rings. The van der Waals surface area contributed by atoms with Gasteiger partial charge in [-0.3, -0.25) is 0 Å². The molecular weight excluding hydrogens is 786 g/mol. The summed E-state index contributed by atoms with van der Waals surface area (Å²) in [6.07, 6.45) is 0. The molecule has 0 unspecified atom stereocenters.